The SMILES string of the molecule is COc1cc(Cl)ccc1OCC1(O)CCC1. The molecule has 0 saturated heterocycles. The van der Waals surface area contributed by atoms with Gasteiger partial charge in [-0.15, -0.1) is 0 Å². The van der Waals surface area contributed by atoms with Gasteiger partial charge in [-0.05, 0) is 31.4 Å². The Kier molecular flexibility index (Phi) is 3.26. The van der Waals surface area contributed by atoms with Crippen LogP contribution in [0, 0.1) is 0 Å². The number of methoxy groups -OCH3 is 1. The van der Waals surface area contributed by atoms with E-state index in [0.717, 1.165) is 19.3 Å². The average Bonchev–Trinajstić information content (AvgIpc) is 2.24. The van der Waals surface area contributed by atoms with Crippen LogP contribution in [0.1, 0.15) is 19.3 Å². The quantitative estimate of drug-likeness (QED) is 0.882. The zero-order valence-corrected chi connectivity index (χ0v) is 9.96. The van der Waals surface area contributed by atoms with Crippen molar-refractivity contribution in [1.29, 1.82) is 0 Å². The van der Waals surface area contributed by atoms with E-state index in [0.29, 0.717) is 23.1 Å². The predicted molar refractivity (Wildman–Crippen MR) is 62.3 cm³/mol. The first-order valence-electron chi connectivity index (χ1n) is 5.32. The summed E-state index contributed by atoms with van der Waals surface area (Å²) in [4.78, 5) is 0. The van der Waals surface area contributed by atoms with E-state index in [1.807, 2.05) is 0 Å². The Labute approximate surface area is 99.9 Å². The lowest BCUT2D eigenvalue weighted by Gasteiger charge is -2.36. The van der Waals surface area contributed by atoms with E-state index in [1.54, 1.807) is 25.3 Å². The minimum Gasteiger partial charge on any atom is -0.493 e. The fourth-order valence-corrected chi connectivity index (χ4v) is 1.86. The van der Waals surface area contributed by atoms with Crippen LogP contribution >= 0.6 is 11.6 Å². The van der Waals surface area contributed by atoms with Crippen molar-refractivity contribution >= 4 is 11.6 Å². The largest absolute Gasteiger partial charge is 0.493 e. The second-order valence-electron chi connectivity index (χ2n) is 4.16. The maximum absolute atomic E-state index is 9.90. The summed E-state index contributed by atoms with van der Waals surface area (Å²) in [5, 5.41) is 10.5. The Hall–Kier alpha value is -0.930. The fourth-order valence-electron chi connectivity index (χ4n) is 1.70. The minimum absolute atomic E-state index is 0.311. The summed E-state index contributed by atoms with van der Waals surface area (Å²) in [6.07, 6.45) is 2.68. The van der Waals surface area contributed by atoms with Crippen LogP contribution in [0.3, 0.4) is 0 Å². The zero-order valence-electron chi connectivity index (χ0n) is 9.20. The molecule has 1 aromatic rings. The van der Waals surface area contributed by atoms with Gasteiger partial charge in [0.15, 0.2) is 11.5 Å². The molecule has 3 nitrogen and oxygen atoms in total. The van der Waals surface area contributed by atoms with Crippen molar-refractivity contribution in [3.63, 3.8) is 0 Å². The molecule has 88 valence electrons. The molecule has 4 heteroatoms. The highest BCUT2D eigenvalue weighted by Crippen LogP contribution is 2.35. The van der Waals surface area contributed by atoms with E-state index in [2.05, 4.69) is 0 Å². The first-order chi connectivity index (χ1) is 7.63. The summed E-state index contributed by atoms with van der Waals surface area (Å²) in [6, 6.07) is 5.19. The van der Waals surface area contributed by atoms with Gasteiger partial charge in [-0.25, -0.2) is 0 Å². The molecular formula is C12H15ClO3. The monoisotopic (exact) mass is 242 g/mol. The molecule has 0 bridgehead atoms. The summed E-state index contributed by atoms with van der Waals surface area (Å²) in [5.74, 6) is 1.21. The third-order valence-electron chi connectivity index (χ3n) is 2.91. The summed E-state index contributed by atoms with van der Waals surface area (Å²) in [7, 11) is 1.57. The van der Waals surface area contributed by atoms with E-state index in [9.17, 15) is 5.11 Å². The zero-order chi connectivity index (χ0) is 11.6. The summed E-state index contributed by atoms with van der Waals surface area (Å²) >= 11 is 5.84. The third kappa shape index (κ3) is 2.42. The highest BCUT2D eigenvalue weighted by atomic mass is 35.5. The molecule has 1 aliphatic rings. The normalized spacial score (nSPS) is 17.7. The Balaban J connectivity index is 2.03. The number of hydrogen-bond donors (Lipinski definition) is 1. The van der Waals surface area contributed by atoms with Gasteiger partial charge in [0.25, 0.3) is 0 Å². The van der Waals surface area contributed by atoms with Crippen LogP contribution in [0.15, 0.2) is 18.2 Å². The second-order valence-corrected chi connectivity index (χ2v) is 4.60. The molecule has 0 amide bonds. The van der Waals surface area contributed by atoms with Gasteiger partial charge in [0.05, 0.1) is 12.7 Å². The predicted octanol–water partition coefficient (Wildman–Crippen LogP) is 2.64. The molecule has 2 rings (SSSR count). The summed E-state index contributed by atoms with van der Waals surface area (Å²) < 4.78 is 10.7. The van der Waals surface area contributed by atoms with Crippen LogP contribution in [-0.4, -0.2) is 24.4 Å². The second kappa shape index (κ2) is 4.52. The number of halogens is 1. The fraction of sp³-hybridized carbons (Fsp3) is 0.500. The molecule has 0 unspecified atom stereocenters. The van der Waals surface area contributed by atoms with Crippen molar-refractivity contribution in [2.45, 2.75) is 24.9 Å². The van der Waals surface area contributed by atoms with E-state index in [4.69, 9.17) is 21.1 Å². The average molecular weight is 243 g/mol. The molecule has 0 spiro atoms. The van der Waals surface area contributed by atoms with Crippen molar-refractivity contribution < 1.29 is 14.6 Å². The number of hydrogen-bond acceptors (Lipinski definition) is 3. The molecule has 1 aliphatic carbocycles. The van der Waals surface area contributed by atoms with E-state index < -0.39 is 5.60 Å². The topological polar surface area (TPSA) is 38.7 Å². The molecular weight excluding hydrogens is 228 g/mol. The molecule has 0 heterocycles. The van der Waals surface area contributed by atoms with Gasteiger partial charge in [0.2, 0.25) is 0 Å². The molecule has 0 aliphatic heterocycles. The van der Waals surface area contributed by atoms with Gasteiger partial charge < -0.3 is 14.6 Å². The number of rotatable bonds is 4. The van der Waals surface area contributed by atoms with Gasteiger partial charge in [-0.3, -0.25) is 0 Å². The molecule has 0 atom stereocenters. The third-order valence-corrected chi connectivity index (χ3v) is 3.14. The van der Waals surface area contributed by atoms with Gasteiger partial charge in [0, 0.05) is 11.1 Å². The number of ether oxygens (including phenoxy) is 2. The first kappa shape index (κ1) is 11.6. The summed E-state index contributed by atoms with van der Waals surface area (Å²) in [5.41, 5.74) is -0.648. The minimum atomic E-state index is -0.648. The highest BCUT2D eigenvalue weighted by molar-refractivity contribution is 6.30. The molecule has 0 aromatic heterocycles. The first-order valence-corrected chi connectivity index (χ1v) is 5.69. The van der Waals surface area contributed by atoms with Gasteiger partial charge in [-0.1, -0.05) is 11.6 Å². The van der Waals surface area contributed by atoms with Crippen molar-refractivity contribution in [2.24, 2.45) is 0 Å². The lowest BCUT2D eigenvalue weighted by molar-refractivity contribution is -0.0667. The molecule has 1 fully saturated rings. The van der Waals surface area contributed by atoms with Gasteiger partial charge in [-0.2, -0.15) is 0 Å². The van der Waals surface area contributed by atoms with E-state index in [1.165, 1.54) is 0 Å². The van der Waals surface area contributed by atoms with Crippen molar-refractivity contribution in [3.8, 4) is 11.5 Å². The van der Waals surface area contributed by atoms with E-state index >= 15 is 0 Å². The van der Waals surface area contributed by atoms with Crippen LogP contribution in [0.25, 0.3) is 0 Å². The summed E-state index contributed by atoms with van der Waals surface area (Å²) in [6.45, 7) is 0.311. The van der Waals surface area contributed by atoms with Crippen LogP contribution in [0.5, 0.6) is 11.5 Å². The van der Waals surface area contributed by atoms with E-state index in [-0.39, 0.29) is 0 Å². The smallest absolute Gasteiger partial charge is 0.162 e. The molecule has 1 saturated carbocycles. The maximum Gasteiger partial charge on any atom is 0.162 e. The molecule has 16 heavy (non-hydrogen) atoms. The van der Waals surface area contributed by atoms with Gasteiger partial charge in [0.1, 0.15) is 6.61 Å². The van der Waals surface area contributed by atoms with Crippen molar-refractivity contribution in [1.82, 2.24) is 0 Å². The van der Waals surface area contributed by atoms with Gasteiger partial charge >= 0.3 is 0 Å². The Morgan fingerprint density at radius 1 is 1.38 bits per heavy atom. The van der Waals surface area contributed by atoms with Crippen molar-refractivity contribution in [3.05, 3.63) is 23.2 Å². The lowest BCUT2D eigenvalue weighted by Crippen LogP contribution is -2.42. The molecule has 1 aromatic carbocycles. The van der Waals surface area contributed by atoms with Crippen LogP contribution < -0.4 is 9.47 Å². The maximum atomic E-state index is 9.90. The molecule has 1 N–H and O–H groups in total. The van der Waals surface area contributed by atoms with Crippen LogP contribution in [0.2, 0.25) is 5.02 Å². The van der Waals surface area contributed by atoms with Crippen LogP contribution in [0.4, 0.5) is 0 Å². The number of aliphatic hydroxyl groups is 1. The number of benzene rings is 1. The standard InChI is InChI=1S/C12H15ClO3/c1-15-11-7-9(13)3-4-10(11)16-8-12(14)5-2-6-12/h3-4,7,14H,2,5-6,8H2,1H3. The van der Waals surface area contributed by atoms with Crippen LogP contribution in [-0.2, 0) is 0 Å². The lowest BCUT2D eigenvalue weighted by atomic mass is 9.81. The Bertz CT molecular complexity index is 375. The Morgan fingerprint density at radius 3 is 2.69 bits per heavy atom. The highest BCUT2D eigenvalue weighted by Gasteiger charge is 2.35. The van der Waals surface area contributed by atoms with Crippen molar-refractivity contribution in [2.75, 3.05) is 13.7 Å². The Morgan fingerprint density at radius 2 is 2.12 bits per heavy atom. The molecule has 0 radical (unpaired) electrons.